The lowest BCUT2D eigenvalue weighted by Gasteiger charge is -2.24. The third-order valence-corrected chi connectivity index (χ3v) is 4.52. The average molecular weight is 362 g/mol. The van der Waals surface area contributed by atoms with Gasteiger partial charge in [-0.15, -0.1) is 0 Å². The Labute approximate surface area is 161 Å². The van der Waals surface area contributed by atoms with Crippen LogP contribution in [0.4, 0.5) is 5.69 Å². The molecule has 3 rings (SSSR count). The number of anilines is 1. The molecule has 0 unspecified atom stereocenters. The fourth-order valence-electron chi connectivity index (χ4n) is 2.84. The van der Waals surface area contributed by atoms with Crippen LogP contribution >= 0.6 is 12.6 Å². The van der Waals surface area contributed by atoms with Crippen LogP contribution in [0.25, 0.3) is 12.2 Å². The monoisotopic (exact) mass is 361 g/mol. The molecular weight excluding hydrogens is 336 g/mol. The first-order chi connectivity index (χ1) is 12.7. The topological polar surface area (TPSA) is 7.12 Å². The van der Waals surface area contributed by atoms with Crippen molar-refractivity contribution in [1.29, 1.82) is 0 Å². The van der Waals surface area contributed by atoms with Gasteiger partial charge in [0.15, 0.2) is 12.4 Å². The Morgan fingerprint density at radius 2 is 1.46 bits per heavy atom. The summed E-state index contributed by atoms with van der Waals surface area (Å²) in [6.45, 7) is 1.83. The normalized spacial score (nSPS) is 11.0. The number of hydrogen-bond acceptors (Lipinski definition) is 2. The molecule has 0 saturated heterocycles. The van der Waals surface area contributed by atoms with Gasteiger partial charge in [-0.1, -0.05) is 54.6 Å². The largest absolute Gasteiger partial charge is 0.366 e. The van der Waals surface area contributed by atoms with Gasteiger partial charge < -0.3 is 4.90 Å². The number of hydrogen-bond donors (Lipinski definition) is 1. The van der Waals surface area contributed by atoms with E-state index >= 15 is 0 Å². The first-order valence-electron chi connectivity index (χ1n) is 8.88. The fourth-order valence-corrected chi connectivity index (χ4v) is 3.08. The van der Waals surface area contributed by atoms with Crippen molar-refractivity contribution >= 4 is 30.5 Å². The molecule has 0 spiro atoms. The van der Waals surface area contributed by atoms with Crippen molar-refractivity contribution in [2.45, 2.75) is 6.54 Å². The van der Waals surface area contributed by atoms with Crippen LogP contribution in [-0.2, 0) is 13.6 Å². The predicted octanol–water partition coefficient (Wildman–Crippen LogP) is 4.62. The van der Waals surface area contributed by atoms with Crippen LogP contribution in [0.2, 0.25) is 0 Å². The Bertz CT molecular complexity index is 824. The summed E-state index contributed by atoms with van der Waals surface area (Å²) in [5, 5.41) is 0. The molecule has 0 aliphatic heterocycles. The van der Waals surface area contributed by atoms with Gasteiger partial charge in [-0.25, -0.2) is 4.57 Å². The smallest absolute Gasteiger partial charge is 0.169 e. The van der Waals surface area contributed by atoms with Crippen molar-refractivity contribution in [3.8, 4) is 0 Å². The van der Waals surface area contributed by atoms with Gasteiger partial charge in [0.2, 0.25) is 0 Å². The maximum atomic E-state index is 4.42. The molecule has 0 aliphatic rings. The Morgan fingerprint density at radius 1 is 0.846 bits per heavy atom. The van der Waals surface area contributed by atoms with E-state index in [0.717, 1.165) is 18.8 Å². The van der Waals surface area contributed by atoms with Gasteiger partial charge in [0, 0.05) is 36.7 Å². The third-order valence-electron chi connectivity index (χ3n) is 4.32. The lowest BCUT2D eigenvalue weighted by atomic mass is 10.1. The Hall–Kier alpha value is -2.52. The molecule has 0 aliphatic carbocycles. The molecule has 2 nitrogen and oxygen atoms in total. The highest BCUT2D eigenvalue weighted by Crippen LogP contribution is 2.19. The van der Waals surface area contributed by atoms with Crippen molar-refractivity contribution in [1.82, 2.24) is 0 Å². The Balaban J connectivity index is 1.70. The summed E-state index contributed by atoms with van der Waals surface area (Å²) in [7, 11) is 2.03. The van der Waals surface area contributed by atoms with E-state index in [2.05, 4.69) is 109 Å². The van der Waals surface area contributed by atoms with E-state index in [-0.39, 0.29) is 0 Å². The first kappa shape index (κ1) is 18.3. The fraction of sp³-hybridized carbons (Fsp3) is 0.174. The molecule has 0 amide bonds. The predicted molar refractivity (Wildman–Crippen MR) is 114 cm³/mol. The van der Waals surface area contributed by atoms with Crippen LogP contribution in [0.15, 0.2) is 79.1 Å². The molecule has 3 heteroatoms. The van der Waals surface area contributed by atoms with Crippen molar-refractivity contribution in [3.63, 3.8) is 0 Å². The van der Waals surface area contributed by atoms with Crippen molar-refractivity contribution in [2.75, 3.05) is 17.2 Å². The van der Waals surface area contributed by atoms with Crippen LogP contribution < -0.4 is 9.47 Å². The maximum Gasteiger partial charge on any atom is 0.169 e. The first-order valence-corrected chi connectivity index (χ1v) is 9.51. The summed E-state index contributed by atoms with van der Waals surface area (Å²) in [5.74, 6) is 0.833. The van der Waals surface area contributed by atoms with Gasteiger partial charge in [-0.2, -0.15) is 12.6 Å². The van der Waals surface area contributed by atoms with E-state index in [1.54, 1.807) is 0 Å². The molecule has 2 aromatic carbocycles. The highest BCUT2D eigenvalue weighted by Gasteiger charge is 2.06. The minimum atomic E-state index is 0.833. The summed E-state index contributed by atoms with van der Waals surface area (Å²) in [6, 6.07) is 23.5. The zero-order valence-corrected chi connectivity index (χ0v) is 16.0. The zero-order chi connectivity index (χ0) is 18.2. The van der Waals surface area contributed by atoms with Gasteiger partial charge in [0.05, 0.1) is 0 Å². The van der Waals surface area contributed by atoms with Crippen molar-refractivity contribution in [3.05, 3.63) is 95.8 Å². The second-order valence-electron chi connectivity index (χ2n) is 6.35. The standard InChI is InChI=1S/C23H24N2S/c1-24-15-13-21(14-16-24)8-7-20-9-11-23(12-10-20)25(17-18-26)19-22-5-3-2-4-6-22/h2-16H,17-19H2,1H3/p+1. The second kappa shape index (κ2) is 9.25. The molecule has 26 heavy (non-hydrogen) atoms. The minimum Gasteiger partial charge on any atom is -0.366 e. The van der Waals surface area contributed by atoms with Gasteiger partial charge in [-0.3, -0.25) is 0 Å². The summed E-state index contributed by atoms with van der Waals surface area (Å²) < 4.78 is 2.04. The maximum absolute atomic E-state index is 4.42. The number of thiol groups is 1. The van der Waals surface area contributed by atoms with Crippen LogP contribution in [0.1, 0.15) is 16.7 Å². The van der Waals surface area contributed by atoms with E-state index in [1.165, 1.54) is 22.4 Å². The molecule has 0 radical (unpaired) electrons. The van der Waals surface area contributed by atoms with Gasteiger partial charge in [0.1, 0.15) is 7.05 Å². The van der Waals surface area contributed by atoms with Crippen LogP contribution in [-0.4, -0.2) is 12.3 Å². The van der Waals surface area contributed by atoms with E-state index in [9.17, 15) is 0 Å². The zero-order valence-electron chi connectivity index (χ0n) is 15.1. The summed E-state index contributed by atoms with van der Waals surface area (Å²) >= 11 is 4.42. The molecule has 3 aromatic rings. The highest BCUT2D eigenvalue weighted by atomic mass is 32.1. The molecule has 0 N–H and O–H groups in total. The third kappa shape index (κ3) is 5.24. The average Bonchev–Trinajstić information content (AvgIpc) is 2.68. The van der Waals surface area contributed by atoms with E-state index < -0.39 is 0 Å². The van der Waals surface area contributed by atoms with E-state index in [1.807, 2.05) is 11.6 Å². The minimum absolute atomic E-state index is 0.833. The van der Waals surface area contributed by atoms with Gasteiger partial charge in [-0.05, 0) is 28.8 Å². The van der Waals surface area contributed by atoms with Crippen LogP contribution in [0.5, 0.6) is 0 Å². The number of aromatic nitrogens is 1. The second-order valence-corrected chi connectivity index (χ2v) is 6.80. The molecule has 0 saturated carbocycles. The molecule has 1 aromatic heterocycles. The van der Waals surface area contributed by atoms with Gasteiger partial charge in [0.25, 0.3) is 0 Å². The molecule has 1 heterocycles. The van der Waals surface area contributed by atoms with Gasteiger partial charge >= 0.3 is 0 Å². The quantitative estimate of drug-likeness (QED) is 0.476. The lowest BCUT2D eigenvalue weighted by Crippen LogP contribution is -2.25. The highest BCUT2D eigenvalue weighted by molar-refractivity contribution is 7.80. The Kier molecular flexibility index (Phi) is 6.50. The van der Waals surface area contributed by atoms with E-state index in [4.69, 9.17) is 0 Å². The number of aryl methyl sites for hydroxylation is 1. The molecular formula is C23H25N2S+. The van der Waals surface area contributed by atoms with E-state index in [0.29, 0.717) is 0 Å². The lowest BCUT2D eigenvalue weighted by molar-refractivity contribution is -0.671. The summed E-state index contributed by atoms with van der Waals surface area (Å²) in [5.41, 5.74) is 4.95. The summed E-state index contributed by atoms with van der Waals surface area (Å²) in [4.78, 5) is 2.37. The SMILES string of the molecule is C[n+]1ccc(/C=C/c2ccc(N(CCS)Cc3ccccc3)cc2)cc1. The number of rotatable bonds is 7. The number of nitrogens with zero attached hydrogens (tertiary/aromatic N) is 2. The van der Waals surface area contributed by atoms with Crippen LogP contribution in [0.3, 0.4) is 0 Å². The number of benzene rings is 2. The number of pyridine rings is 1. The molecule has 0 fully saturated rings. The molecule has 0 bridgehead atoms. The van der Waals surface area contributed by atoms with Crippen molar-refractivity contribution in [2.24, 2.45) is 7.05 Å². The van der Waals surface area contributed by atoms with Crippen LogP contribution in [0, 0.1) is 0 Å². The summed E-state index contributed by atoms with van der Waals surface area (Å²) in [6.07, 6.45) is 8.41. The molecule has 0 atom stereocenters. The molecule has 132 valence electrons. The Morgan fingerprint density at radius 3 is 2.08 bits per heavy atom. The van der Waals surface area contributed by atoms with Crippen molar-refractivity contribution < 1.29 is 4.57 Å².